The summed E-state index contributed by atoms with van der Waals surface area (Å²) in [6, 6.07) is 11.1. The number of hydrogen-bond acceptors (Lipinski definition) is 3. The summed E-state index contributed by atoms with van der Waals surface area (Å²) in [5.41, 5.74) is 0.903. The Bertz CT molecular complexity index is 518. The first-order valence-electron chi connectivity index (χ1n) is 9.60. The zero-order valence-corrected chi connectivity index (χ0v) is 16.2. The van der Waals surface area contributed by atoms with E-state index >= 15 is 0 Å². The molecule has 1 fully saturated rings. The number of alkyl carbamates (subject to hydrolysis) is 1. The maximum absolute atomic E-state index is 12.0. The third kappa shape index (κ3) is 7.07. The second kappa shape index (κ2) is 9.23. The van der Waals surface area contributed by atoms with E-state index in [1.54, 1.807) is 0 Å². The van der Waals surface area contributed by atoms with Crippen molar-refractivity contribution in [1.82, 2.24) is 10.6 Å². The van der Waals surface area contributed by atoms with Gasteiger partial charge in [0.2, 0.25) is 0 Å². The summed E-state index contributed by atoms with van der Waals surface area (Å²) < 4.78 is 5.39. The predicted molar refractivity (Wildman–Crippen MR) is 103 cm³/mol. The van der Waals surface area contributed by atoms with Crippen LogP contribution in [0.4, 0.5) is 4.79 Å². The topological polar surface area (TPSA) is 50.4 Å². The standard InChI is InChI=1S/C21H34N2O2/c1-16(17-10-6-5-7-11-17)14-18(19-12-8-9-13-22-19)15-23-20(24)25-21(2,3)4/h5-7,10-11,16,18-19,22H,8-9,12-15H2,1-4H3,(H,23,24). The Kier molecular flexibility index (Phi) is 7.30. The van der Waals surface area contributed by atoms with E-state index in [0.29, 0.717) is 24.4 Å². The lowest BCUT2D eigenvalue weighted by Crippen LogP contribution is -2.46. The molecular formula is C21H34N2O2. The van der Waals surface area contributed by atoms with Crippen molar-refractivity contribution in [2.45, 2.75) is 70.9 Å². The Balaban J connectivity index is 1.96. The number of carbonyl (C=O) groups is 1. The summed E-state index contributed by atoms with van der Waals surface area (Å²) >= 11 is 0. The highest BCUT2D eigenvalue weighted by molar-refractivity contribution is 5.67. The summed E-state index contributed by atoms with van der Waals surface area (Å²) in [6.07, 6.45) is 4.43. The first-order chi connectivity index (χ1) is 11.8. The number of piperidine rings is 1. The Morgan fingerprint density at radius 1 is 1.28 bits per heavy atom. The van der Waals surface area contributed by atoms with E-state index in [1.807, 2.05) is 20.8 Å². The molecule has 0 radical (unpaired) electrons. The zero-order chi connectivity index (χ0) is 18.3. The van der Waals surface area contributed by atoms with E-state index in [-0.39, 0.29) is 6.09 Å². The van der Waals surface area contributed by atoms with Crippen LogP contribution in [0.1, 0.15) is 64.9 Å². The predicted octanol–water partition coefficient (Wildman–Crippen LogP) is 4.46. The van der Waals surface area contributed by atoms with Crippen molar-refractivity contribution in [3.8, 4) is 0 Å². The summed E-state index contributed by atoms with van der Waals surface area (Å²) in [7, 11) is 0. The van der Waals surface area contributed by atoms with Gasteiger partial charge in [-0.25, -0.2) is 4.79 Å². The fourth-order valence-corrected chi connectivity index (χ4v) is 3.57. The highest BCUT2D eigenvalue weighted by Crippen LogP contribution is 2.27. The molecule has 1 heterocycles. The number of ether oxygens (including phenoxy) is 1. The lowest BCUT2D eigenvalue weighted by Gasteiger charge is -2.33. The molecule has 1 aliphatic heterocycles. The van der Waals surface area contributed by atoms with E-state index in [1.165, 1.54) is 24.8 Å². The third-order valence-electron chi connectivity index (χ3n) is 4.85. The van der Waals surface area contributed by atoms with Gasteiger partial charge in [0.05, 0.1) is 0 Å². The van der Waals surface area contributed by atoms with E-state index in [9.17, 15) is 4.79 Å². The van der Waals surface area contributed by atoms with Crippen LogP contribution in [0.25, 0.3) is 0 Å². The molecule has 4 nitrogen and oxygen atoms in total. The fraction of sp³-hybridized carbons (Fsp3) is 0.667. The highest BCUT2D eigenvalue weighted by atomic mass is 16.6. The van der Waals surface area contributed by atoms with Gasteiger partial charge in [0.25, 0.3) is 0 Å². The average molecular weight is 347 g/mol. The molecule has 1 amide bonds. The molecule has 25 heavy (non-hydrogen) atoms. The second-order valence-corrected chi connectivity index (χ2v) is 8.25. The van der Waals surface area contributed by atoms with Crippen molar-refractivity contribution in [3.63, 3.8) is 0 Å². The maximum Gasteiger partial charge on any atom is 0.407 e. The molecule has 3 atom stereocenters. The van der Waals surface area contributed by atoms with Gasteiger partial charge in [0, 0.05) is 12.6 Å². The van der Waals surface area contributed by atoms with Crippen LogP contribution in [0.2, 0.25) is 0 Å². The molecule has 2 N–H and O–H groups in total. The molecule has 2 rings (SSSR count). The number of amides is 1. The van der Waals surface area contributed by atoms with E-state index in [0.717, 1.165) is 13.0 Å². The van der Waals surface area contributed by atoms with E-state index in [2.05, 4.69) is 47.9 Å². The lowest BCUT2D eigenvalue weighted by molar-refractivity contribution is 0.0512. The fourth-order valence-electron chi connectivity index (χ4n) is 3.57. The number of carbonyl (C=O) groups excluding carboxylic acids is 1. The van der Waals surface area contributed by atoms with Gasteiger partial charge in [-0.15, -0.1) is 0 Å². The van der Waals surface area contributed by atoms with Crippen molar-refractivity contribution in [2.24, 2.45) is 5.92 Å². The number of rotatable bonds is 6. The largest absolute Gasteiger partial charge is 0.444 e. The van der Waals surface area contributed by atoms with Gasteiger partial charge in [-0.1, -0.05) is 43.7 Å². The first kappa shape index (κ1) is 19.8. The maximum atomic E-state index is 12.0. The smallest absolute Gasteiger partial charge is 0.407 e. The van der Waals surface area contributed by atoms with Crippen molar-refractivity contribution in [2.75, 3.05) is 13.1 Å². The molecule has 0 bridgehead atoms. The van der Waals surface area contributed by atoms with Crippen molar-refractivity contribution in [1.29, 1.82) is 0 Å². The summed E-state index contributed by atoms with van der Waals surface area (Å²) in [5.74, 6) is 0.874. The molecule has 4 heteroatoms. The first-order valence-corrected chi connectivity index (χ1v) is 9.60. The number of hydrogen-bond donors (Lipinski definition) is 2. The molecule has 1 aliphatic rings. The minimum atomic E-state index is -0.458. The molecule has 0 saturated carbocycles. The van der Waals surface area contributed by atoms with Gasteiger partial charge in [0.15, 0.2) is 0 Å². The second-order valence-electron chi connectivity index (χ2n) is 8.25. The van der Waals surface area contributed by atoms with Crippen LogP contribution in [0.15, 0.2) is 30.3 Å². The molecule has 1 aromatic rings. The minimum Gasteiger partial charge on any atom is -0.444 e. The molecule has 3 unspecified atom stereocenters. The molecule has 0 spiro atoms. The van der Waals surface area contributed by atoms with Gasteiger partial charge in [-0.3, -0.25) is 0 Å². The molecule has 0 aliphatic carbocycles. The Hall–Kier alpha value is -1.55. The van der Waals surface area contributed by atoms with Crippen LogP contribution in [-0.4, -0.2) is 30.8 Å². The van der Waals surface area contributed by atoms with Crippen LogP contribution in [0.5, 0.6) is 0 Å². The molecule has 1 aromatic carbocycles. The van der Waals surface area contributed by atoms with Crippen LogP contribution in [0, 0.1) is 5.92 Å². The Morgan fingerprint density at radius 2 is 2.00 bits per heavy atom. The monoisotopic (exact) mass is 346 g/mol. The van der Waals surface area contributed by atoms with Gasteiger partial charge in [-0.2, -0.15) is 0 Å². The summed E-state index contributed by atoms with van der Waals surface area (Å²) in [5, 5.41) is 6.65. The van der Waals surface area contributed by atoms with Crippen LogP contribution >= 0.6 is 0 Å². The summed E-state index contributed by atoms with van der Waals surface area (Å²) in [4.78, 5) is 12.0. The van der Waals surface area contributed by atoms with Gasteiger partial charge in [-0.05, 0) is 64.0 Å². The Morgan fingerprint density at radius 3 is 2.60 bits per heavy atom. The van der Waals surface area contributed by atoms with E-state index in [4.69, 9.17) is 4.74 Å². The summed E-state index contributed by atoms with van der Waals surface area (Å²) in [6.45, 7) is 9.69. The van der Waals surface area contributed by atoms with Crippen molar-refractivity contribution < 1.29 is 9.53 Å². The average Bonchev–Trinajstić information content (AvgIpc) is 2.58. The van der Waals surface area contributed by atoms with Crippen molar-refractivity contribution >= 4 is 6.09 Å². The van der Waals surface area contributed by atoms with Gasteiger partial charge < -0.3 is 15.4 Å². The molecule has 1 saturated heterocycles. The van der Waals surface area contributed by atoms with Crippen molar-refractivity contribution in [3.05, 3.63) is 35.9 Å². The highest BCUT2D eigenvalue weighted by Gasteiger charge is 2.26. The molecule has 0 aromatic heterocycles. The van der Waals surface area contributed by atoms with Gasteiger partial charge >= 0.3 is 6.09 Å². The van der Waals surface area contributed by atoms with Gasteiger partial charge in [0.1, 0.15) is 5.60 Å². The van der Waals surface area contributed by atoms with Crippen LogP contribution in [-0.2, 0) is 4.74 Å². The normalized spacial score (nSPS) is 20.6. The Labute approximate surface area is 152 Å². The minimum absolute atomic E-state index is 0.319. The number of benzene rings is 1. The third-order valence-corrected chi connectivity index (χ3v) is 4.85. The molecular weight excluding hydrogens is 312 g/mol. The zero-order valence-electron chi connectivity index (χ0n) is 16.2. The SMILES string of the molecule is CC(CC(CNC(=O)OC(C)(C)C)C1CCCCN1)c1ccccc1. The van der Waals surface area contributed by atoms with Crippen LogP contribution in [0.3, 0.4) is 0 Å². The quantitative estimate of drug-likeness (QED) is 0.799. The number of nitrogens with one attached hydrogen (secondary N) is 2. The van der Waals surface area contributed by atoms with E-state index < -0.39 is 5.60 Å². The lowest BCUT2D eigenvalue weighted by atomic mass is 9.83. The molecule has 140 valence electrons. The van der Waals surface area contributed by atoms with Crippen LogP contribution < -0.4 is 10.6 Å².